The maximum atomic E-state index is 10.7. The molecule has 0 aliphatic carbocycles. The molecule has 0 bridgehead atoms. The number of nitrogens with two attached hydrogens (primary N) is 1. The Labute approximate surface area is 107 Å². The molecule has 0 fully saturated rings. The Bertz CT molecular complexity index is 592. The van der Waals surface area contributed by atoms with Gasteiger partial charge in [0, 0.05) is 15.5 Å². The first-order valence-corrected chi connectivity index (χ1v) is 5.39. The Morgan fingerprint density at radius 1 is 1.61 bits per heavy atom. The van der Waals surface area contributed by atoms with Gasteiger partial charge in [-0.25, -0.2) is 0 Å². The highest BCUT2D eigenvalue weighted by molar-refractivity contribution is 6.30. The van der Waals surface area contributed by atoms with Gasteiger partial charge < -0.3 is 10.5 Å². The minimum Gasteiger partial charge on any atom is -0.440 e. The number of halogens is 1. The molecule has 92 valence electrons. The number of benzene rings is 1. The van der Waals surface area contributed by atoms with E-state index in [1.807, 2.05) is 6.07 Å². The Kier molecular flexibility index (Phi) is 3.08. The highest BCUT2D eigenvalue weighted by atomic mass is 35.5. The molecule has 7 heteroatoms. The van der Waals surface area contributed by atoms with Crippen molar-refractivity contribution in [3.8, 4) is 11.8 Å². The topological polar surface area (TPSA) is 102 Å². The molecule has 1 heterocycles. The van der Waals surface area contributed by atoms with Crippen molar-refractivity contribution in [2.24, 2.45) is 5.73 Å². The predicted molar refractivity (Wildman–Crippen MR) is 63.5 cm³/mol. The quantitative estimate of drug-likeness (QED) is 0.649. The van der Waals surface area contributed by atoms with Crippen LogP contribution in [0.2, 0.25) is 5.02 Å². The molecule has 0 radical (unpaired) electrons. The van der Waals surface area contributed by atoms with E-state index in [1.54, 1.807) is 18.2 Å². The molecule has 6 nitrogen and oxygen atoms in total. The summed E-state index contributed by atoms with van der Waals surface area (Å²) in [5, 5.41) is 20.1. The van der Waals surface area contributed by atoms with Gasteiger partial charge in [0.15, 0.2) is 0 Å². The molecule has 0 amide bonds. The molecule has 0 spiro atoms. The van der Waals surface area contributed by atoms with E-state index in [0.29, 0.717) is 16.3 Å². The molecule has 0 saturated heterocycles. The molecule has 1 aliphatic heterocycles. The van der Waals surface area contributed by atoms with E-state index < -0.39 is 17.4 Å². The summed E-state index contributed by atoms with van der Waals surface area (Å²) in [6.45, 7) is -0.430. The second kappa shape index (κ2) is 4.55. The number of nitriles is 1. The van der Waals surface area contributed by atoms with Gasteiger partial charge in [0.1, 0.15) is 17.4 Å². The van der Waals surface area contributed by atoms with Crippen molar-refractivity contribution in [1.29, 1.82) is 5.26 Å². The summed E-state index contributed by atoms with van der Waals surface area (Å²) < 4.78 is 5.26. The Balaban J connectivity index is 2.55. The average Bonchev–Trinajstić information content (AvgIpc) is 2.30. The van der Waals surface area contributed by atoms with Crippen LogP contribution >= 0.6 is 11.6 Å². The van der Waals surface area contributed by atoms with Gasteiger partial charge in [-0.1, -0.05) is 11.6 Å². The SMILES string of the molecule is N#CC1=C(N)Oc2ccc(Cl)cc2C1C[N+](=O)[O-]. The lowest BCUT2D eigenvalue weighted by molar-refractivity contribution is -0.482. The summed E-state index contributed by atoms with van der Waals surface area (Å²) in [4.78, 5) is 10.2. The molecule has 0 saturated carbocycles. The second-order valence-corrected chi connectivity index (χ2v) is 4.18. The van der Waals surface area contributed by atoms with E-state index in [9.17, 15) is 10.1 Å². The van der Waals surface area contributed by atoms with E-state index in [2.05, 4.69) is 0 Å². The van der Waals surface area contributed by atoms with Crippen LogP contribution in [-0.2, 0) is 0 Å². The van der Waals surface area contributed by atoms with Crippen LogP contribution in [0.15, 0.2) is 29.7 Å². The van der Waals surface area contributed by atoms with Crippen molar-refractivity contribution in [3.05, 3.63) is 50.4 Å². The number of nitrogens with zero attached hydrogens (tertiary/aromatic N) is 2. The summed E-state index contributed by atoms with van der Waals surface area (Å²) in [6.07, 6.45) is 0. The van der Waals surface area contributed by atoms with Gasteiger partial charge in [-0.2, -0.15) is 5.26 Å². The molecular weight excluding hydrogens is 258 g/mol. The van der Waals surface area contributed by atoms with Crippen LogP contribution in [0.1, 0.15) is 11.5 Å². The van der Waals surface area contributed by atoms with Crippen LogP contribution < -0.4 is 10.5 Å². The zero-order chi connectivity index (χ0) is 13.3. The monoisotopic (exact) mass is 265 g/mol. The third-order valence-electron chi connectivity index (χ3n) is 2.63. The molecule has 2 N–H and O–H groups in total. The summed E-state index contributed by atoms with van der Waals surface area (Å²) in [6, 6.07) is 6.57. The maximum Gasteiger partial charge on any atom is 0.215 e. The molecular formula is C11H8ClN3O3. The van der Waals surface area contributed by atoms with Crippen LogP contribution in [0.25, 0.3) is 0 Å². The minimum atomic E-state index is -0.729. The Morgan fingerprint density at radius 3 is 2.94 bits per heavy atom. The highest BCUT2D eigenvalue weighted by Gasteiger charge is 2.32. The third-order valence-corrected chi connectivity index (χ3v) is 2.87. The third kappa shape index (κ3) is 2.08. The lowest BCUT2D eigenvalue weighted by Crippen LogP contribution is -2.24. The number of ether oxygens (including phenoxy) is 1. The van der Waals surface area contributed by atoms with E-state index in [4.69, 9.17) is 27.3 Å². The van der Waals surface area contributed by atoms with Crippen LogP contribution in [0.5, 0.6) is 5.75 Å². The number of nitro groups is 1. The first kappa shape index (κ1) is 12.2. The molecule has 1 aromatic carbocycles. The van der Waals surface area contributed by atoms with E-state index in [-0.39, 0.29) is 11.5 Å². The Hall–Kier alpha value is -2.26. The molecule has 18 heavy (non-hydrogen) atoms. The van der Waals surface area contributed by atoms with Crippen molar-refractivity contribution in [2.45, 2.75) is 5.92 Å². The highest BCUT2D eigenvalue weighted by Crippen LogP contribution is 2.39. The van der Waals surface area contributed by atoms with Gasteiger partial charge >= 0.3 is 0 Å². The largest absolute Gasteiger partial charge is 0.440 e. The number of hydrogen-bond donors (Lipinski definition) is 1. The maximum absolute atomic E-state index is 10.7. The first-order chi connectivity index (χ1) is 8.52. The van der Waals surface area contributed by atoms with Crippen molar-refractivity contribution in [3.63, 3.8) is 0 Å². The molecule has 1 aromatic rings. The number of hydrogen-bond acceptors (Lipinski definition) is 5. The molecule has 0 aromatic heterocycles. The summed E-state index contributed by atoms with van der Waals surface area (Å²) >= 11 is 5.85. The van der Waals surface area contributed by atoms with Crippen LogP contribution in [0, 0.1) is 21.4 Å². The van der Waals surface area contributed by atoms with Crippen LogP contribution in [0.4, 0.5) is 0 Å². The lowest BCUT2D eigenvalue weighted by Gasteiger charge is -2.23. The normalized spacial score (nSPS) is 17.7. The van der Waals surface area contributed by atoms with Crippen LogP contribution in [-0.4, -0.2) is 11.5 Å². The fourth-order valence-electron chi connectivity index (χ4n) is 1.86. The number of rotatable bonds is 2. The summed E-state index contributed by atoms with van der Waals surface area (Å²) in [5.74, 6) is -0.436. The van der Waals surface area contributed by atoms with Gasteiger partial charge in [-0.15, -0.1) is 0 Å². The van der Waals surface area contributed by atoms with Gasteiger partial charge in [0.05, 0.1) is 5.92 Å². The van der Waals surface area contributed by atoms with Crippen molar-refractivity contribution in [2.75, 3.05) is 6.54 Å². The fourth-order valence-corrected chi connectivity index (χ4v) is 2.04. The predicted octanol–water partition coefficient (Wildman–Crippen LogP) is 1.79. The average molecular weight is 266 g/mol. The minimum absolute atomic E-state index is 0.0569. The first-order valence-electron chi connectivity index (χ1n) is 5.01. The van der Waals surface area contributed by atoms with Gasteiger partial charge in [0.25, 0.3) is 0 Å². The van der Waals surface area contributed by atoms with E-state index >= 15 is 0 Å². The van der Waals surface area contributed by atoms with Crippen molar-refractivity contribution < 1.29 is 9.66 Å². The van der Waals surface area contributed by atoms with Gasteiger partial charge in [0.2, 0.25) is 12.4 Å². The summed E-state index contributed by atoms with van der Waals surface area (Å²) in [7, 11) is 0. The smallest absolute Gasteiger partial charge is 0.215 e. The second-order valence-electron chi connectivity index (χ2n) is 3.74. The van der Waals surface area contributed by atoms with Crippen molar-refractivity contribution >= 4 is 11.6 Å². The van der Waals surface area contributed by atoms with E-state index in [0.717, 1.165) is 0 Å². The lowest BCUT2D eigenvalue weighted by atomic mass is 9.89. The standard InChI is InChI=1S/C11H8ClN3O3/c12-6-1-2-10-7(3-6)9(5-15(16)17)8(4-13)11(14)18-10/h1-3,9H,5,14H2. The Morgan fingerprint density at radius 2 is 2.33 bits per heavy atom. The van der Waals surface area contributed by atoms with Gasteiger partial charge in [-0.3, -0.25) is 10.1 Å². The van der Waals surface area contributed by atoms with Gasteiger partial charge in [-0.05, 0) is 18.2 Å². The molecule has 2 rings (SSSR count). The molecule has 1 atom stereocenters. The number of fused-ring (bicyclic) bond motifs is 1. The zero-order valence-electron chi connectivity index (χ0n) is 9.09. The fraction of sp³-hybridized carbons (Fsp3) is 0.182. The summed E-state index contributed by atoms with van der Waals surface area (Å²) in [5.41, 5.74) is 6.15. The zero-order valence-corrected chi connectivity index (χ0v) is 9.85. The van der Waals surface area contributed by atoms with Crippen molar-refractivity contribution in [1.82, 2.24) is 0 Å². The molecule has 1 unspecified atom stereocenters. The van der Waals surface area contributed by atoms with Crippen LogP contribution in [0.3, 0.4) is 0 Å². The molecule has 1 aliphatic rings. The van der Waals surface area contributed by atoms with E-state index in [1.165, 1.54) is 0 Å².